The van der Waals surface area contributed by atoms with E-state index in [4.69, 9.17) is 16.8 Å². The molecule has 0 radical (unpaired) electrons. The van der Waals surface area contributed by atoms with E-state index < -0.39 is 0 Å². The van der Waals surface area contributed by atoms with Crippen molar-refractivity contribution >= 4 is 23.9 Å². The van der Waals surface area contributed by atoms with Gasteiger partial charge < -0.3 is 5.21 Å². The fourth-order valence-corrected chi connectivity index (χ4v) is 0.971. The third-order valence-electron chi connectivity index (χ3n) is 1.29. The fraction of sp³-hybridized carbons (Fsp3) is 0. The molecule has 0 bridgehead atoms. The first-order valence-electron chi connectivity index (χ1n) is 3.42. The average Bonchev–Trinajstić information content (AvgIpc) is 2.06. The van der Waals surface area contributed by atoms with Crippen molar-refractivity contribution < 1.29 is 5.21 Å². The summed E-state index contributed by atoms with van der Waals surface area (Å²) in [5.41, 5.74) is 0.974. The van der Waals surface area contributed by atoms with Gasteiger partial charge in [-0.05, 0) is 11.6 Å². The van der Waals surface area contributed by atoms with E-state index in [0.29, 0.717) is 5.03 Å². The Morgan fingerprint density at radius 2 is 2.00 bits per heavy atom. The molecule has 1 rings (SSSR count). The lowest BCUT2D eigenvalue weighted by atomic mass is 10.2. The van der Waals surface area contributed by atoms with Crippen molar-refractivity contribution in [2.24, 2.45) is 5.16 Å². The van der Waals surface area contributed by atoms with Crippen molar-refractivity contribution in [2.75, 3.05) is 0 Å². The van der Waals surface area contributed by atoms with Crippen LogP contribution in [0.4, 0.5) is 0 Å². The molecule has 0 saturated heterocycles. The highest BCUT2D eigenvalue weighted by Crippen LogP contribution is 2.07. The van der Waals surface area contributed by atoms with Crippen LogP contribution in [0.25, 0.3) is 6.08 Å². The zero-order valence-electron chi connectivity index (χ0n) is 6.31. The molecule has 2 nitrogen and oxygen atoms in total. The molecule has 0 aliphatic heterocycles. The maximum Gasteiger partial charge on any atom is 0.0847 e. The van der Waals surface area contributed by atoms with Crippen molar-refractivity contribution in [1.29, 1.82) is 0 Å². The summed E-state index contributed by atoms with van der Waals surface area (Å²) in [5.74, 6) is 0. The minimum absolute atomic E-state index is 0.392. The number of rotatable bonds is 2. The Balaban J connectivity index is 2.81. The van der Waals surface area contributed by atoms with E-state index in [-0.39, 0.29) is 0 Å². The highest BCUT2D eigenvalue weighted by molar-refractivity contribution is 6.41. The summed E-state index contributed by atoms with van der Waals surface area (Å²) < 4.78 is 0. The van der Waals surface area contributed by atoms with Gasteiger partial charge in [0, 0.05) is 0 Å². The third-order valence-corrected chi connectivity index (χ3v) is 1.49. The second-order valence-corrected chi connectivity index (χ2v) is 2.62. The molecule has 0 aromatic heterocycles. The van der Waals surface area contributed by atoms with Gasteiger partial charge in [0.25, 0.3) is 0 Å². The molecule has 0 atom stereocenters. The standard InChI is InChI=1S/C9H8ClNO/c10-9(7-11-12)6-8-4-2-1-3-5-8/h1-7,12H. The summed E-state index contributed by atoms with van der Waals surface area (Å²) in [6, 6.07) is 9.56. The Labute approximate surface area is 75.8 Å². The molecule has 0 spiro atoms. The van der Waals surface area contributed by atoms with Crippen LogP contribution in [-0.4, -0.2) is 11.4 Å². The maximum absolute atomic E-state index is 8.16. The minimum atomic E-state index is 0.392. The van der Waals surface area contributed by atoms with Gasteiger partial charge in [0.1, 0.15) is 0 Å². The molecule has 3 heteroatoms. The summed E-state index contributed by atoms with van der Waals surface area (Å²) >= 11 is 5.67. The average molecular weight is 182 g/mol. The largest absolute Gasteiger partial charge is 0.411 e. The smallest absolute Gasteiger partial charge is 0.0847 e. The van der Waals surface area contributed by atoms with E-state index in [1.807, 2.05) is 30.3 Å². The number of nitrogens with zero attached hydrogens (tertiary/aromatic N) is 1. The number of halogens is 1. The zero-order valence-corrected chi connectivity index (χ0v) is 7.07. The summed E-state index contributed by atoms with van der Waals surface area (Å²) in [7, 11) is 0. The highest BCUT2D eigenvalue weighted by atomic mass is 35.5. The second kappa shape index (κ2) is 4.57. The van der Waals surface area contributed by atoms with Gasteiger partial charge in [-0.15, -0.1) is 0 Å². The molecule has 0 aliphatic carbocycles. The molecule has 12 heavy (non-hydrogen) atoms. The fourth-order valence-electron chi connectivity index (χ4n) is 0.801. The molecule has 62 valence electrons. The number of allylic oxidation sites excluding steroid dienone is 1. The SMILES string of the molecule is ON=CC(Cl)=Cc1ccccc1. The van der Waals surface area contributed by atoms with E-state index in [1.165, 1.54) is 6.21 Å². The van der Waals surface area contributed by atoms with E-state index in [9.17, 15) is 0 Å². The highest BCUT2D eigenvalue weighted by Gasteiger charge is 1.87. The van der Waals surface area contributed by atoms with Crippen LogP contribution >= 0.6 is 11.6 Å². The van der Waals surface area contributed by atoms with Gasteiger partial charge in [-0.2, -0.15) is 0 Å². The molecule has 0 saturated carbocycles. The van der Waals surface area contributed by atoms with Crippen LogP contribution in [0.3, 0.4) is 0 Å². The molecular weight excluding hydrogens is 174 g/mol. The first-order chi connectivity index (χ1) is 5.83. The molecule has 0 heterocycles. The van der Waals surface area contributed by atoms with Crippen LogP contribution in [0.5, 0.6) is 0 Å². The van der Waals surface area contributed by atoms with Crippen molar-refractivity contribution in [3.05, 3.63) is 40.9 Å². The Bertz CT molecular complexity index is 293. The first kappa shape index (κ1) is 8.81. The van der Waals surface area contributed by atoms with Crippen molar-refractivity contribution in [2.45, 2.75) is 0 Å². The van der Waals surface area contributed by atoms with Crippen LogP contribution < -0.4 is 0 Å². The van der Waals surface area contributed by atoms with Gasteiger partial charge in [-0.25, -0.2) is 0 Å². The first-order valence-corrected chi connectivity index (χ1v) is 3.80. The molecule has 1 N–H and O–H groups in total. The van der Waals surface area contributed by atoms with E-state index >= 15 is 0 Å². The van der Waals surface area contributed by atoms with Gasteiger partial charge in [-0.1, -0.05) is 47.1 Å². The van der Waals surface area contributed by atoms with Gasteiger partial charge in [0.05, 0.1) is 11.2 Å². The third kappa shape index (κ3) is 2.76. The van der Waals surface area contributed by atoms with Gasteiger partial charge >= 0.3 is 0 Å². The van der Waals surface area contributed by atoms with Gasteiger partial charge in [-0.3, -0.25) is 0 Å². The lowest BCUT2D eigenvalue weighted by molar-refractivity contribution is 0.322. The lowest BCUT2D eigenvalue weighted by Crippen LogP contribution is -1.75. The molecule has 1 aromatic carbocycles. The van der Waals surface area contributed by atoms with Crippen LogP contribution in [0.15, 0.2) is 40.5 Å². The number of hydrogen-bond acceptors (Lipinski definition) is 2. The van der Waals surface area contributed by atoms with Crippen LogP contribution in [-0.2, 0) is 0 Å². The van der Waals surface area contributed by atoms with E-state index in [0.717, 1.165) is 5.56 Å². The summed E-state index contributed by atoms with van der Waals surface area (Å²) in [4.78, 5) is 0. The Morgan fingerprint density at radius 3 is 2.58 bits per heavy atom. The normalized spacial score (nSPS) is 12.2. The number of hydrogen-bond donors (Lipinski definition) is 1. The van der Waals surface area contributed by atoms with Crippen molar-refractivity contribution in [1.82, 2.24) is 0 Å². The molecule has 0 amide bonds. The van der Waals surface area contributed by atoms with Gasteiger partial charge in [0.2, 0.25) is 0 Å². The van der Waals surface area contributed by atoms with Crippen LogP contribution in [0.2, 0.25) is 0 Å². The maximum atomic E-state index is 8.16. The summed E-state index contributed by atoms with van der Waals surface area (Å²) in [6.07, 6.45) is 2.88. The lowest BCUT2D eigenvalue weighted by Gasteiger charge is -1.90. The van der Waals surface area contributed by atoms with E-state index in [2.05, 4.69) is 5.16 Å². The molecule has 1 aromatic rings. The topological polar surface area (TPSA) is 32.6 Å². The van der Waals surface area contributed by atoms with E-state index in [1.54, 1.807) is 6.08 Å². The number of oxime groups is 1. The predicted molar refractivity (Wildman–Crippen MR) is 50.6 cm³/mol. The zero-order chi connectivity index (χ0) is 8.81. The Hall–Kier alpha value is -1.28. The quantitative estimate of drug-likeness (QED) is 0.425. The monoisotopic (exact) mass is 181 g/mol. The molecule has 0 fully saturated rings. The predicted octanol–water partition coefficient (Wildman–Crippen LogP) is 2.73. The molecular formula is C9H8ClNO. The minimum Gasteiger partial charge on any atom is -0.411 e. The van der Waals surface area contributed by atoms with Crippen molar-refractivity contribution in [3.8, 4) is 0 Å². The van der Waals surface area contributed by atoms with Crippen LogP contribution in [0.1, 0.15) is 5.56 Å². The summed E-state index contributed by atoms with van der Waals surface area (Å²) in [6.45, 7) is 0. The van der Waals surface area contributed by atoms with Gasteiger partial charge in [0.15, 0.2) is 0 Å². The Kier molecular flexibility index (Phi) is 3.35. The number of benzene rings is 1. The second-order valence-electron chi connectivity index (χ2n) is 2.18. The molecule has 0 aliphatic rings. The Morgan fingerprint density at radius 1 is 1.33 bits per heavy atom. The molecule has 0 unspecified atom stereocenters. The summed E-state index contributed by atoms with van der Waals surface area (Å²) in [5, 5.41) is 11.4. The van der Waals surface area contributed by atoms with Crippen molar-refractivity contribution in [3.63, 3.8) is 0 Å². The van der Waals surface area contributed by atoms with Crippen LogP contribution in [0, 0.1) is 0 Å².